The first-order valence-corrected chi connectivity index (χ1v) is 7.84. The maximum absolute atomic E-state index is 5.56. The van der Waals surface area contributed by atoms with E-state index < -0.39 is 0 Å². The molecule has 0 aromatic heterocycles. The second kappa shape index (κ2) is 7.30. The molecular weight excluding hydrogens is 250 g/mol. The average Bonchev–Trinajstić information content (AvgIpc) is 2.34. The van der Waals surface area contributed by atoms with Gasteiger partial charge in [-0.2, -0.15) is 0 Å². The van der Waals surface area contributed by atoms with Crippen molar-refractivity contribution in [1.82, 2.24) is 10.6 Å². The molecule has 1 atom stereocenters. The standard InChI is InChI=1S/C16H33N3O/c1-7-16(9-8-10-16)12-19-14(17-5)18-11-13(20-6)15(2,3)4/h13H,7-12H2,1-6H3,(H2,17,18,19). The van der Waals surface area contributed by atoms with E-state index in [2.05, 4.69) is 43.3 Å². The van der Waals surface area contributed by atoms with Gasteiger partial charge in [-0.1, -0.05) is 34.1 Å². The van der Waals surface area contributed by atoms with Crippen LogP contribution < -0.4 is 10.6 Å². The normalized spacial score (nSPS) is 20.2. The van der Waals surface area contributed by atoms with Crippen molar-refractivity contribution < 1.29 is 4.74 Å². The summed E-state index contributed by atoms with van der Waals surface area (Å²) >= 11 is 0. The molecule has 0 heterocycles. The van der Waals surface area contributed by atoms with E-state index in [0.29, 0.717) is 5.41 Å². The molecule has 0 amide bonds. The Bertz CT molecular complexity index is 311. The van der Waals surface area contributed by atoms with Crippen LogP contribution in [-0.4, -0.2) is 39.3 Å². The molecule has 2 N–H and O–H groups in total. The van der Waals surface area contributed by atoms with Gasteiger partial charge in [-0.3, -0.25) is 4.99 Å². The molecule has 1 unspecified atom stereocenters. The maximum atomic E-state index is 5.56. The van der Waals surface area contributed by atoms with E-state index in [-0.39, 0.29) is 11.5 Å². The van der Waals surface area contributed by atoms with Crippen molar-refractivity contribution in [3.63, 3.8) is 0 Å². The van der Waals surface area contributed by atoms with Crippen molar-refractivity contribution in [3.8, 4) is 0 Å². The van der Waals surface area contributed by atoms with Gasteiger partial charge in [0, 0.05) is 27.2 Å². The Morgan fingerprint density at radius 2 is 1.95 bits per heavy atom. The largest absolute Gasteiger partial charge is 0.379 e. The molecule has 20 heavy (non-hydrogen) atoms. The Morgan fingerprint density at radius 3 is 2.30 bits per heavy atom. The van der Waals surface area contributed by atoms with Gasteiger partial charge in [-0.05, 0) is 30.1 Å². The third kappa shape index (κ3) is 4.65. The highest BCUT2D eigenvalue weighted by atomic mass is 16.5. The van der Waals surface area contributed by atoms with Crippen LogP contribution in [0.1, 0.15) is 53.4 Å². The zero-order chi connectivity index (χ0) is 15.2. The molecule has 0 aliphatic heterocycles. The molecule has 0 aromatic rings. The van der Waals surface area contributed by atoms with Gasteiger partial charge in [-0.15, -0.1) is 0 Å². The van der Waals surface area contributed by atoms with Gasteiger partial charge in [-0.25, -0.2) is 0 Å². The first kappa shape index (κ1) is 17.3. The van der Waals surface area contributed by atoms with Crippen LogP contribution in [0.25, 0.3) is 0 Å². The van der Waals surface area contributed by atoms with Gasteiger partial charge >= 0.3 is 0 Å². The predicted octanol–water partition coefficient (Wildman–Crippen LogP) is 2.79. The second-order valence-corrected chi connectivity index (χ2v) is 7.10. The van der Waals surface area contributed by atoms with Crippen molar-refractivity contribution in [1.29, 1.82) is 0 Å². The van der Waals surface area contributed by atoms with Crippen molar-refractivity contribution in [2.45, 2.75) is 59.5 Å². The molecule has 0 bridgehead atoms. The molecular formula is C16H33N3O. The zero-order valence-corrected chi connectivity index (χ0v) is 14.2. The van der Waals surface area contributed by atoms with Gasteiger partial charge in [0.15, 0.2) is 5.96 Å². The first-order valence-electron chi connectivity index (χ1n) is 7.84. The number of hydrogen-bond acceptors (Lipinski definition) is 2. The summed E-state index contributed by atoms with van der Waals surface area (Å²) in [6, 6.07) is 0. The van der Waals surface area contributed by atoms with E-state index in [1.165, 1.54) is 25.7 Å². The number of rotatable bonds is 6. The number of nitrogens with one attached hydrogen (secondary N) is 2. The Kier molecular flexibility index (Phi) is 6.31. The zero-order valence-electron chi connectivity index (χ0n) is 14.2. The molecule has 1 aliphatic carbocycles. The van der Waals surface area contributed by atoms with Gasteiger partial charge in [0.25, 0.3) is 0 Å². The highest BCUT2D eigenvalue weighted by Crippen LogP contribution is 2.42. The summed E-state index contributed by atoms with van der Waals surface area (Å²) in [6.07, 6.45) is 5.48. The van der Waals surface area contributed by atoms with Gasteiger partial charge < -0.3 is 15.4 Å². The van der Waals surface area contributed by atoms with Crippen LogP contribution in [0.15, 0.2) is 4.99 Å². The first-order chi connectivity index (χ1) is 9.37. The van der Waals surface area contributed by atoms with Gasteiger partial charge in [0.2, 0.25) is 0 Å². The van der Waals surface area contributed by atoms with E-state index in [1.54, 1.807) is 7.11 Å². The van der Waals surface area contributed by atoms with E-state index >= 15 is 0 Å². The summed E-state index contributed by atoms with van der Waals surface area (Å²) in [6.45, 7) is 10.7. The van der Waals surface area contributed by atoms with Crippen molar-refractivity contribution in [2.75, 3.05) is 27.2 Å². The minimum Gasteiger partial charge on any atom is -0.379 e. The minimum atomic E-state index is 0.124. The molecule has 4 heteroatoms. The van der Waals surface area contributed by atoms with E-state index in [1.807, 2.05) is 7.05 Å². The number of hydrogen-bond donors (Lipinski definition) is 2. The summed E-state index contributed by atoms with van der Waals surface area (Å²) in [5, 5.41) is 6.86. The Labute approximate surface area is 124 Å². The van der Waals surface area contributed by atoms with Crippen molar-refractivity contribution in [2.24, 2.45) is 15.8 Å². The van der Waals surface area contributed by atoms with Gasteiger partial charge in [0.1, 0.15) is 0 Å². The number of guanidine groups is 1. The highest BCUT2D eigenvalue weighted by molar-refractivity contribution is 5.79. The third-order valence-corrected chi connectivity index (χ3v) is 4.72. The molecule has 0 aromatic carbocycles. The number of ether oxygens (including phenoxy) is 1. The number of aliphatic imine (C=N–C) groups is 1. The third-order valence-electron chi connectivity index (χ3n) is 4.72. The molecule has 0 saturated heterocycles. The summed E-state index contributed by atoms with van der Waals surface area (Å²) in [5.41, 5.74) is 0.627. The predicted molar refractivity (Wildman–Crippen MR) is 86.2 cm³/mol. The van der Waals surface area contributed by atoms with E-state index in [4.69, 9.17) is 4.74 Å². The lowest BCUT2D eigenvalue weighted by atomic mass is 9.67. The average molecular weight is 283 g/mol. The SMILES string of the molecule is CCC1(CNC(=NC)NCC(OC)C(C)(C)C)CCC1. The van der Waals surface area contributed by atoms with Gasteiger partial charge in [0.05, 0.1) is 6.10 Å². The Hall–Kier alpha value is -0.770. The quantitative estimate of drug-likeness (QED) is 0.582. The molecule has 118 valence electrons. The van der Waals surface area contributed by atoms with Crippen LogP contribution in [0.2, 0.25) is 0 Å². The fourth-order valence-corrected chi connectivity index (χ4v) is 2.76. The second-order valence-electron chi connectivity index (χ2n) is 7.10. The molecule has 1 saturated carbocycles. The van der Waals surface area contributed by atoms with E-state index in [9.17, 15) is 0 Å². The molecule has 1 rings (SSSR count). The molecule has 0 spiro atoms. The monoisotopic (exact) mass is 283 g/mol. The van der Waals surface area contributed by atoms with Crippen LogP contribution in [0.3, 0.4) is 0 Å². The molecule has 4 nitrogen and oxygen atoms in total. The summed E-state index contributed by atoms with van der Waals surface area (Å²) in [4.78, 5) is 4.31. The lowest BCUT2D eigenvalue weighted by molar-refractivity contribution is 0.0204. The summed E-state index contributed by atoms with van der Waals surface area (Å²) < 4.78 is 5.56. The smallest absolute Gasteiger partial charge is 0.191 e. The minimum absolute atomic E-state index is 0.124. The lowest BCUT2D eigenvalue weighted by Gasteiger charge is -2.41. The summed E-state index contributed by atoms with van der Waals surface area (Å²) in [5.74, 6) is 0.885. The van der Waals surface area contributed by atoms with Crippen molar-refractivity contribution in [3.05, 3.63) is 0 Å². The number of methoxy groups -OCH3 is 1. The maximum Gasteiger partial charge on any atom is 0.191 e. The highest BCUT2D eigenvalue weighted by Gasteiger charge is 2.35. The molecule has 1 aliphatic rings. The van der Waals surface area contributed by atoms with Crippen LogP contribution >= 0.6 is 0 Å². The molecule has 1 fully saturated rings. The van der Waals surface area contributed by atoms with Crippen LogP contribution in [0.4, 0.5) is 0 Å². The Balaban J connectivity index is 2.40. The number of nitrogens with zero attached hydrogens (tertiary/aromatic N) is 1. The van der Waals surface area contributed by atoms with Crippen LogP contribution in [-0.2, 0) is 4.74 Å². The molecule has 0 radical (unpaired) electrons. The summed E-state index contributed by atoms with van der Waals surface area (Å²) in [7, 11) is 3.60. The van der Waals surface area contributed by atoms with Crippen molar-refractivity contribution >= 4 is 5.96 Å². The van der Waals surface area contributed by atoms with E-state index in [0.717, 1.165) is 19.0 Å². The fourth-order valence-electron chi connectivity index (χ4n) is 2.76. The Morgan fingerprint density at radius 1 is 1.30 bits per heavy atom. The van der Waals surface area contributed by atoms with Crippen LogP contribution in [0.5, 0.6) is 0 Å². The van der Waals surface area contributed by atoms with Crippen LogP contribution in [0, 0.1) is 10.8 Å². The fraction of sp³-hybridized carbons (Fsp3) is 0.938. The topological polar surface area (TPSA) is 45.7 Å². The lowest BCUT2D eigenvalue weighted by Crippen LogP contribution is -2.49.